The first kappa shape index (κ1) is 26.9. The minimum absolute atomic E-state index is 0.344. The molecular weight excluding hydrogens is 545 g/mol. The summed E-state index contributed by atoms with van der Waals surface area (Å²) in [5, 5.41) is 4.76. The highest BCUT2D eigenvalue weighted by atomic mass is 19.4. The maximum Gasteiger partial charge on any atom is 0.449 e. The number of imidazole rings is 1. The first-order chi connectivity index (χ1) is 17.4. The molecule has 38 heavy (non-hydrogen) atoms. The lowest BCUT2D eigenvalue weighted by molar-refractivity contribution is -0.146. The summed E-state index contributed by atoms with van der Waals surface area (Å²) >= 11 is 0. The third kappa shape index (κ3) is 5.26. The van der Waals surface area contributed by atoms with Gasteiger partial charge in [-0.3, -0.25) is 0 Å². The number of anilines is 4. The summed E-state index contributed by atoms with van der Waals surface area (Å²) in [6.07, 6.45) is -15.0. The molecule has 0 radical (unpaired) electrons. The third-order valence-electron chi connectivity index (χ3n) is 5.03. The molecule has 0 fully saturated rings. The smallest absolute Gasteiger partial charge is 0.337 e. The van der Waals surface area contributed by atoms with Crippen molar-refractivity contribution in [1.29, 1.82) is 0 Å². The average molecular weight is 556 g/mol. The van der Waals surface area contributed by atoms with Crippen LogP contribution >= 0.6 is 0 Å². The monoisotopic (exact) mass is 556 g/mol. The summed E-state index contributed by atoms with van der Waals surface area (Å²) in [7, 11) is 0.951. The van der Waals surface area contributed by atoms with Gasteiger partial charge in [0.1, 0.15) is 11.6 Å². The lowest BCUT2D eigenvalue weighted by Crippen LogP contribution is -2.12. The van der Waals surface area contributed by atoms with Gasteiger partial charge in [-0.25, -0.2) is 23.7 Å². The van der Waals surface area contributed by atoms with Crippen LogP contribution in [0.3, 0.4) is 0 Å². The number of aryl methyl sites for hydroxylation is 1. The molecule has 0 aliphatic carbocycles. The lowest BCUT2D eigenvalue weighted by Gasteiger charge is -2.15. The SMILES string of the molecule is Cn1c(C(F)(F)F)nc2nc(Nc3ccc(C(F)(F)F)c(F)c3)c(Nc3ccc(C(F)(F)F)c(F)c3)nc21. The molecule has 0 amide bonds. The van der Waals surface area contributed by atoms with Crippen LogP contribution in [0, 0.1) is 11.6 Å². The van der Waals surface area contributed by atoms with Gasteiger partial charge in [-0.1, -0.05) is 0 Å². The van der Waals surface area contributed by atoms with Crippen molar-refractivity contribution in [2.45, 2.75) is 18.5 Å². The number of alkyl halides is 9. The fourth-order valence-corrected chi connectivity index (χ4v) is 3.34. The second-order valence-corrected chi connectivity index (χ2v) is 7.69. The summed E-state index contributed by atoms with van der Waals surface area (Å²) in [6.45, 7) is 0. The van der Waals surface area contributed by atoms with Crippen LogP contribution in [0.4, 0.5) is 71.3 Å². The van der Waals surface area contributed by atoms with Gasteiger partial charge in [0.05, 0.1) is 11.1 Å². The van der Waals surface area contributed by atoms with Gasteiger partial charge >= 0.3 is 18.5 Å². The van der Waals surface area contributed by atoms with Crippen molar-refractivity contribution in [3.8, 4) is 0 Å². The van der Waals surface area contributed by atoms with Gasteiger partial charge in [0, 0.05) is 18.4 Å². The molecule has 2 aromatic heterocycles. The van der Waals surface area contributed by atoms with E-state index in [1.54, 1.807) is 0 Å². The van der Waals surface area contributed by atoms with Crippen molar-refractivity contribution in [1.82, 2.24) is 19.5 Å². The van der Waals surface area contributed by atoms with E-state index in [2.05, 4.69) is 25.6 Å². The lowest BCUT2D eigenvalue weighted by atomic mass is 10.2. The van der Waals surface area contributed by atoms with E-state index >= 15 is 0 Å². The zero-order valence-corrected chi connectivity index (χ0v) is 18.4. The van der Waals surface area contributed by atoms with Crippen LogP contribution in [0.5, 0.6) is 0 Å². The van der Waals surface area contributed by atoms with Gasteiger partial charge in [-0.2, -0.15) is 39.5 Å². The number of hydrogen-bond acceptors (Lipinski definition) is 5. The third-order valence-corrected chi connectivity index (χ3v) is 5.03. The van der Waals surface area contributed by atoms with Gasteiger partial charge < -0.3 is 15.2 Å². The van der Waals surface area contributed by atoms with E-state index in [1.807, 2.05) is 0 Å². The van der Waals surface area contributed by atoms with Crippen LogP contribution in [0.25, 0.3) is 11.3 Å². The Morgan fingerprint density at radius 1 is 0.632 bits per heavy atom. The fraction of sp³-hybridized carbons (Fsp3) is 0.190. The fourth-order valence-electron chi connectivity index (χ4n) is 3.34. The first-order valence-corrected chi connectivity index (χ1v) is 10.0. The Balaban J connectivity index is 1.82. The molecule has 0 spiro atoms. The zero-order valence-electron chi connectivity index (χ0n) is 18.4. The van der Waals surface area contributed by atoms with Crippen LogP contribution in [0.15, 0.2) is 36.4 Å². The quantitative estimate of drug-likeness (QED) is 0.261. The number of halogens is 11. The van der Waals surface area contributed by atoms with Gasteiger partial charge in [-0.05, 0) is 36.4 Å². The molecule has 0 atom stereocenters. The summed E-state index contributed by atoms with van der Waals surface area (Å²) in [5.41, 5.74) is -4.93. The van der Waals surface area contributed by atoms with E-state index in [1.165, 1.54) is 0 Å². The maximum atomic E-state index is 14.0. The number of benzene rings is 2. The molecule has 0 saturated carbocycles. The molecular formula is C21H11F11N6. The van der Waals surface area contributed by atoms with Crippen LogP contribution in [-0.4, -0.2) is 19.5 Å². The van der Waals surface area contributed by atoms with Crippen molar-refractivity contribution >= 4 is 34.3 Å². The molecule has 202 valence electrons. The van der Waals surface area contributed by atoms with Crippen molar-refractivity contribution in [3.05, 3.63) is 65.0 Å². The highest BCUT2D eigenvalue weighted by molar-refractivity contribution is 5.80. The van der Waals surface area contributed by atoms with E-state index in [4.69, 9.17) is 0 Å². The molecule has 17 heteroatoms. The number of nitrogens with zero attached hydrogens (tertiary/aromatic N) is 4. The maximum absolute atomic E-state index is 14.0. The minimum atomic E-state index is -5.01. The highest BCUT2D eigenvalue weighted by Gasteiger charge is 2.38. The van der Waals surface area contributed by atoms with E-state index in [0.29, 0.717) is 28.8 Å². The molecule has 0 saturated heterocycles. The Morgan fingerprint density at radius 3 is 1.47 bits per heavy atom. The second kappa shape index (κ2) is 8.98. The van der Waals surface area contributed by atoms with Crippen LogP contribution < -0.4 is 10.6 Å². The Labute approximate surface area is 204 Å². The molecule has 2 aromatic carbocycles. The largest absolute Gasteiger partial charge is 0.449 e. The Hall–Kier alpha value is -4.18. The van der Waals surface area contributed by atoms with Crippen molar-refractivity contribution in [3.63, 3.8) is 0 Å². The van der Waals surface area contributed by atoms with Gasteiger partial charge in [0.2, 0.25) is 5.82 Å². The van der Waals surface area contributed by atoms with Gasteiger partial charge in [0.25, 0.3) is 0 Å². The standard InChI is InChI=1S/C21H11F11N6/c1-38-17-16(37-18(38)21(30,31)32)35-14(33-8-2-4-10(12(22)6-8)19(24,25)26)15(36-17)34-9-3-5-11(13(23)7-9)20(27,28)29/h2-7H,1H3,(H,33,35)(H,34,36). The molecule has 6 nitrogen and oxygen atoms in total. The molecule has 4 aromatic rings. The molecule has 4 rings (SSSR count). The van der Waals surface area contributed by atoms with Crippen LogP contribution in [-0.2, 0) is 25.6 Å². The van der Waals surface area contributed by atoms with E-state index in [-0.39, 0.29) is 11.4 Å². The summed E-state index contributed by atoms with van der Waals surface area (Å²) in [4.78, 5) is 11.1. The molecule has 2 N–H and O–H groups in total. The summed E-state index contributed by atoms with van der Waals surface area (Å²) < 4.78 is 146. The molecule has 2 heterocycles. The van der Waals surface area contributed by atoms with Crippen LogP contribution in [0.1, 0.15) is 17.0 Å². The van der Waals surface area contributed by atoms with Gasteiger partial charge in [-0.15, -0.1) is 0 Å². The van der Waals surface area contributed by atoms with Gasteiger partial charge in [0.15, 0.2) is 22.9 Å². The predicted molar refractivity (Wildman–Crippen MR) is 111 cm³/mol. The van der Waals surface area contributed by atoms with E-state index < -0.39 is 70.0 Å². The van der Waals surface area contributed by atoms with E-state index in [0.717, 1.165) is 19.2 Å². The molecule has 0 unspecified atom stereocenters. The van der Waals surface area contributed by atoms with Crippen LogP contribution in [0.2, 0.25) is 0 Å². The molecule has 0 aliphatic heterocycles. The Morgan fingerprint density at radius 2 is 1.08 bits per heavy atom. The molecule has 0 aliphatic rings. The average Bonchev–Trinajstić information content (AvgIpc) is 3.08. The predicted octanol–water partition coefficient (Wildman–Crippen LogP) is 7.19. The van der Waals surface area contributed by atoms with Crippen molar-refractivity contribution in [2.75, 3.05) is 10.6 Å². The summed E-state index contributed by atoms with van der Waals surface area (Å²) in [5.74, 6) is -5.79. The number of nitrogens with one attached hydrogen (secondary N) is 2. The minimum Gasteiger partial charge on any atom is -0.337 e. The normalized spacial score (nSPS) is 12.7. The number of fused-ring (bicyclic) bond motifs is 1. The number of rotatable bonds is 4. The van der Waals surface area contributed by atoms with Crippen molar-refractivity contribution < 1.29 is 48.3 Å². The number of aromatic nitrogens is 4. The summed E-state index contributed by atoms with van der Waals surface area (Å²) in [6, 6.07) is 3.23. The highest BCUT2D eigenvalue weighted by Crippen LogP contribution is 2.36. The van der Waals surface area contributed by atoms with Crippen molar-refractivity contribution in [2.24, 2.45) is 7.05 Å². The van der Waals surface area contributed by atoms with E-state index in [9.17, 15) is 48.3 Å². The topological polar surface area (TPSA) is 67.7 Å². The zero-order chi connectivity index (χ0) is 28.2. The second-order valence-electron chi connectivity index (χ2n) is 7.69. The Bertz CT molecular complexity index is 1520. The number of hydrogen-bond donors (Lipinski definition) is 2. The Kier molecular flexibility index (Phi) is 6.35. The molecule has 0 bridgehead atoms. The first-order valence-electron chi connectivity index (χ1n) is 10.0.